The number of allylic oxidation sites excluding steroid dienone is 1. The van der Waals surface area contributed by atoms with Crippen LogP contribution in [0.2, 0.25) is 10.0 Å². The number of nitrogens with two attached hydrogens (primary N) is 1. The number of halogens is 5. The molecule has 2 aromatic rings. The van der Waals surface area contributed by atoms with Crippen LogP contribution in [-0.4, -0.2) is 76.8 Å². The molecule has 208 valence electrons. The van der Waals surface area contributed by atoms with Crippen molar-refractivity contribution in [3.63, 3.8) is 0 Å². The van der Waals surface area contributed by atoms with Crippen molar-refractivity contribution in [1.82, 2.24) is 4.90 Å². The fourth-order valence-corrected chi connectivity index (χ4v) is 4.47. The van der Waals surface area contributed by atoms with Crippen molar-refractivity contribution in [2.75, 3.05) is 26.8 Å². The standard InChI is InChI=1S/C26H26Cl2F3N4O4/c1-25(38-2)11-20(33-18-5-3-4-17(28)10-18)22(39-14-25)19(32)12-34-23(15-6-8-16(27)9-7-15)35(24(34)37)13-21(36)26(29,30)31/h3-10,21,36H,11-14,32H2,1-2H3/q+1/b22-19+,33-20?/t21-,25?/m0/s1. The van der Waals surface area contributed by atoms with Crippen LogP contribution in [0.4, 0.5) is 23.7 Å². The van der Waals surface area contributed by atoms with Crippen molar-refractivity contribution >= 4 is 46.5 Å². The van der Waals surface area contributed by atoms with E-state index in [1.165, 1.54) is 16.7 Å². The van der Waals surface area contributed by atoms with E-state index in [9.17, 15) is 23.1 Å². The van der Waals surface area contributed by atoms with Crippen LogP contribution < -0.4 is 5.73 Å². The second kappa shape index (κ2) is 11.2. The fraction of sp³-hybridized carbons (Fsp3) is 0.346. The van der Waals surface area contributed by atoms with Crippen molar-refractivity contribution < 1.29 is 37.1 Å². The van der Waals surface area contributed by atoms with Crippen molar-refractivity contribution in [1.29, 1.82) is 0 Å². The van der Waals surface area contributed by atoms with Crippen LogP contribution in [-0.2, 0) is 9.47 Å². The van der Waals surface area contributed by atoms with Crippen LogP contribution in [0, 0.1) is 0 Å². The lowest BCUT2D eigenvalue weighted by molar-refractivity contribution is -0.459. The molecule has 2 aliphatic rings. The second-order valence-corrected chi connectivity index (χ2v) is 10.3. The maximum absolute atomic E-state index is 13.1. The third kappa shape index (κ3) is 6.38. The predicted molar refractivity (Wildman–Crippen MR) is 141 cm³/mol. The van der Waals surface area contributed by atoms with Gasteiger partial charge in [0.15, 0.2) is 11.9 Å². The summed E-state index contributed by atoms with van der Waals surface area (Å²) in [6.45, 7) is 0.822. The van der Waals surface area contributed by atoms with Crippen molar-refractivity contribution in [3.8, 4) is 0 Å². The molecule has 0 bridgehead atoms. The summed E-state index contributed by atoms with van der Waals surface area (Å²) in [5.41, 5.74) is 7.29. The smallest absolute Gasteiger partial charge is 0.446 e. The number of methoxy groups -OCH3 is 1. The average Bonchev–Trinajstić information content (AvgIpc) is 2.88. The lowest BCUT2D eigenvalue weighted by atomic mass is 9.94. The number of hydrogen-bond donors (Lipinski definition) is 2. The maximum atomic E-state index is 13.1. The van der Waals surface area contributed by atoms with Gasteiger partial charge in [0.25, 0.3) is 0 Å². The van der Waals surface area contributed by atoms with Gasteiger partial charge >= 0.3 is 12.2 Å². The van der Waals surface area contributed by atoms with Crippen molar-refractivity contribution in [2.24, 2.45) is 10.7 Å². The van der Waals surface area contributed by atoms with Gasteiger partial charge in [0.2, 0.25) is 5.84 Å². The van der Waals surface area contributed by atoms with E-state index in [1.807, 2.05) is 6.92 Å². The molecule has 13 heteroatoms. The predicted octanol–water partition coefficient (Wildman–Crippen LogP) is 4.88. The number of amides is 2. The molecule has 1 fully saturated rings. The highest BCUT2D eigenvalue weighted by Crippen LogP contribution is 2.31. The Bertz CT molecular complexity index is 1360. The highest BCUT2D eigenvalue weighted by molar-refractivity contribution is 6.31. The minimum atomic E-state index is -4.90. The van der Waals surface area contributed by atoms with Crippen LogP contribution in [0.15, 0.2) is 65.0 Å². The topological polar surface area (TPSA) is 100 Å². The number of aliphatic imine (C=N–C) groups is 1. The molecular weight excluding hydrogens is 560 g/mol. The number of amidine groups is 1. The summed E-state index contributed by atoms with van der Waals surface area (Å²) >= 11 is 12.1. The lowest BCUT2D eigenvalue weighted by Gasteiger charge is -2.36. The fourth-order valence-electron chi connectivity index (χ4n) is 4.16. The molecule has 0 spiro atoms. The van der Waals surface area contributed by atoms with E-state index in [4.69, 9.17) is 38.4 Å². The third-order valence-electron chi connectivity index (χ3n) is 6.32. The molecule has 0 radical (unpaired) electrons. The molecule has 39 heavy (non-hydrogen) atoms. The zero-order chi connectivity index (χ0) is 28.5. The number of carbonyl (C=O) groups is 1. The zero-order valence-electron chi connectivity index (χ0n) is 21.0. The Kier molecular flexibility index (Phi) is 8.27. The molecule has 1 unspecified atom stereocenters. The lowest BCUT2D eigenvalue weighted by Crippen LogP contribution is -2.61. The zero-order valence-corrected chi connectivity index (χ0v) is 22.5. The summed E-state index contributed by atoms with van der Waals surface area (Å²) in [5.74, 6) is 0.371. The van der Waals surface area contributed by atoms with Gasteiger partial charge < -0.3 is 20.3 Å². The Labute approximate surface area is 232 Å². The van der Waals surface area contributed by atoms with Gasteiger partial charge in [-0.25, -0.2) is 9.79 Å². The highest BCUT2D eigenvalue weighted by Gasteiger charge is 2.50. The third-order valence-corrected chi connectivity index (χ3v) is 6.81. The summed E-state index contributed by atoms with van der Waals surface area (Å²) in [4.78, 5) is 18.5. The van der Waals surface area contributed by atoms with E-state index < -0.39 is 30.5 Å². The van der Waals surface area contributed by atoms with Crippen LogP contribution in [0.3, 0.4) is 0 Å². The number of alkyl halides is 3. The number of hydrogen-bond acceptors (Lipinski definition) is 6. The Morgan fingerprint density at radius 3 is 2.56 bits per heavy atom. The summed E-state index contributed by atoms with van der Waals surface area (Å²) in [5, 5.41) is 10.5. The number of carbonyl (C=O) groups excluding carboxylic acids is 1. The molecule has 4 rings (SSSR count). The number of nitrogens with zero attached hydrogens (tertiary/aromatic N) is 3. The number of β-amino-alcohol motifs (C(OH)–C–C–N with tert-alkyl or cyclic N) is 1. The van der Waals surface area contributed by atoms with Gasteiger partial charge in [-0.2, -0.15) is 22.6 Å². The van der Waals surface area contributed by atoms with E-state index in [2.05, 4.69) is 4.99 Å². The molecule has 2 atom stereocenters. The monoisotopic (exact) mass is 585 g/mol. The first-order valence-electron chi connectivity index (χ1n) is 11.8. The largest absolute Gasteiger partial charge is 0.487 e. The molecule has 2 aromatic carbocycles. The molecule has 0 aliphatic carbocycles. The Morgan fingerprint density at radius 1 is 1.26 bits per heavy atom. The van der Waals surface area contributed by atoms with Gasteiger partial charge in [0, 0.05) is 29.1 Å². The van der Waals surface area contributed by atoms with Crippen molar-refractivity contribution in [2.45, 2.75) is 31.2 Å². The SMILES string of the molecule is COC1(C)CO/C(=C(/N)C[N+]2=C(c3ccc(Cl)cc3)N(C[C@H](O)C(F)(F)F)C2=O)C(=Nc2cccc(Cl)c2)C1. The van der Waals surface area contributed by atoms with E-state index in [1.54, 1.807) is 43.5 Å². The first kappa shape index (κ1) is 28.9. The van der Waals surface area contributed by atoms with E-state index >= 15 is 0 Å². The molecule has 2 aliphatic heterocycles. The first-order chi connectivity index (χ1) is 18.3. The van der Waals surface area contributed by atoms with Gasteiger partial charge in [0.05, 0.1) is 17.1 Å². The highest BCUT2D eigenvalue weighted by atomic mass is 35.5. The number of urea groups is 1. The van der Waals surface area contributed by atoms with Gasteiger partial charge in [-0.05, 0) is 49.4 Å². The van der Waals surface area contributed by atoms with Gasteiger partial charge in [-0.15, -0.1) is 0 Å². The second-order valence-electron chi connectivity index (χ2n) is 9.38. The number of aliphatic hydroxyl groups excluding tert-OH is 1. The Balaban J connectivity index is 1.74. The normalized spacial score (nSPS) is 23.0. The van der Waals surface area contributed by atoms with Crippen LogP contribution in [0.5, 0.6) is 0 Å². The first-order valence-corrected chi connectivity index (χ1v) is 12.5. The average molecular weight is 586 g/mol. The molecule has 3 N–H and O–H groups in total. The molecule has 1 saturated heterocycles. The number of aliphatic hydroxyl groups is 1. The molecular formula is C26H26Cl2F3N4O4+. The quantitative estimate of drug-likeness (QED) is 0.451. The summed E-state index contributed by atoms with van der Waals surface area (Å²) in [6, 6.07) is 12.3. The minimum Gasteiger partial charge on any atom is -0.487 e. The van der Waals surface area contributed by atoms with Gasteiger partial charge in [-0.3, -0.25) is 0 Å². The molecule has 0 saturated carbocycles. The number of rotatable bonds is 7. The summed E-state index contributed by atoms with van der Waals surface area (Å²) in [7, 11) is 1.55. The Hall–Kier alpha value is -3.12. The van der Waals surface area contributed by atoms with Crippen LogP contribution in [0.25, 0.3) is 0 Å². The van der Waals surface area contributed by atoms with Gasteiger partial charge in [-0.1, -0.05) is 29.3 Å². The Morgan fingerprint density at radius 2 is 1.95 bits per heavy atom. The molecule has 0 aromatic heterocycles. The van der Waals surface area contributed by atoms with Gasteiger partial charge in [0.1, 0.15) is 25.3 Å². The maximum Gasteiger partial charge on any atom is 0.446 e. The minimum absolute atomic E-state index is 0.129. The van der Waals surface area contributed by atoms with Crippen LogP contribution in [0.1, 0.15) is 18.9 Å². The molecule has 8 nitrogen and oxygen atoms in total. The molecule has 2 amide bonds. The summed E-state index contributed by atoms with van der Waals surface area (Å²) in [6.07, 6.45) is -7.30. The van der Waals surface area contributed by atoms with Crippen LogP contribution >= 0.6 is 23.2 Å². The van der Waals surface area contributed by atoms with Crippen molar-refractivity contribution in [3.05, 3.63) is 75.6 Å². The number of benzene rings is 2. The van der Waals surface area contributed by atoms with E-state index in [0.717, 1.165) is 4.90 Å². The number of ether oxygens (including phenoxy) is 2. The summed E-state index contributed by atoms with van der Waals surface area (Å²) < 4.78 is 52.0. The van der Waals surface area contributed by atoms with E-state index in [-0.39, 0.29) is 30.4 Å². The molecule has 2 heterocycles. The van der Waals surface area contributed by atoms with E-state index in [0.29, 0.717) is 33.4 Å².